The summed E-state index contributed by atoms with van der Waals surface area (Å²) in [4.78, 5) is 30.9. The van der Waals surface area contributed by atoms with E-state index in [-0.39, 0.29) is 18.2 Å². The lowest BCUT2D eigenvalue weighted by atomic mass is 10.1. The highest BCUT2D eigenvalue weighted by Crippen LogP contribution is 2.27. The minimum Gasteiger partial charge on any atom is -0.494 e. The standard InChI is InChI=1S/C26H27N3O3S2/c1-2-14-32-21-12-10-20(11-13-21)27-24(30)16-23-25(31)29(17-19-7-4-3-5-8-19)26(33)28(23)18-22-9-6-15-34-22/h3-13,15,23H,2,14,16-18H2,1H3,(H,27,30)/t23-/m1/s1. The van der Waals surface area contributed by atoms with Crippen LogP contribution in [-0.2, 0) is 22.7 Å². The van der Waals surface area contributed by atoms with Gasteiger partial charge < -0.3 is 15.0 Å². The molecule has 4 rings (SSSR count). The second-order valence-corrected chi connectivity index (χ2v) is 9.44. The minimum atomic E-state index is -0.648. The first-order chi connectivity index (χ1) is 16.5. The number of thiocarbonyl (C=S) groups is 1. The van der Waals surface area contributed by atoms with E-state index in [1.807, 2.05) is 71.8 Å². The quantitative estimate of drug-likeness (QED) is 0.400. The van der Waals surface area contributed by atoms with Crippen LogP contribution in [0.3, 0.4) is 0 Å². The number of anilines is 1. The third kappa shape index (κ3) is 5.81. The highest BCUT2D eigenvalue weighted by molar-refractivity contribution is 7.80. The molecular formula is C26H27N3O3S2. The van der Waals surface area contributed by atoms with Crippen molar-refractivity contribution in [2.45, 2.75) is 38.9 Å². The van der Waals surface area contributed by atoms with Gasteiger partial charge in [-0.3, -0.25) is 14.5 Å². The summed E-state index contributed by atoms with van der Waals surface area (Å²) < 4.78 is 5.59. The van der Waals surface area contributed by atoms with Crippen LogP contribution in [0.1, 0.15) is 30.2 Å². The maximum atomic E-state index is 13.4. The van der Waals surface area contributed by atoms with Crippen molar-refractivity contribution in [1.82, 2.24) is 9.80 Å². The molecule has 0 spiro atoms. The molecule has 8 heteroatoms. The Morgan fingerprint density at radius 2 is 1.82 bits per heavy atom. The number of hydrogen-bond acceptors (Lipinski definition) is 5. The zero-order valence-electron chi connectivity index (χ0n) is 19.0. The molecule has 34 heavy (non-hydrogen) atoms. The number of rotatable bonds is 10. The molecule has 176 valence electrons. The summed E-state index contributed by atoms with van der Waals surface area (Å²) >= 11 is 7.32. The molecule has 0 aliphatic carbocycles. The molecule has 1 atom stereocenters. The van der Waals surface area contributed by atoms with Crippen LogP contribution in [0.15, 0.2) is 72.1 Å². The second-order valence-electron chi connectivity index (χ2n) is 8.04. The molecule has 1 aliphatic heterocycles. The SMILES string of the molecule is CCCOc1ccc(NC(=O)C[C@@H]2C(=O)N(Cc3ccccc3)C(=S)N2Cc2cccs2)cc1. The van der Waals surface area contributed by atoms with E-state index in [9.17, 15) is 9.59 Å². The normalized spacial score (nSPS) is 15.6. The van der Waals surface area contributed by atoms with Gasteiger partial charge in [0.1, 0.15) is 11.8 Å². The number of carbonyl (C=O) groups excluding carboxylic acids is 2. The van der Waals surface area contributed by atoms with Crippen LogP contribution in [0, 0.1) is 0 Å². The molecule has 2 aromatic carbocycles. The molecule has 6 nitrogen and oxygen atoms in total. The third-order valence-electron chi connectivity index (χ3n) is 5.48. The summed E-state index contributed by atoms with van der Waals surface area (Å²) in [5.41, 5.74) is 1.65. The van der Waals surface area contributed by atoms with Crippen molar-refractivity contribution in [3.63, 3.8) is 0 Å². The number of hydrogen-bond donors (Lipinski definition) is 1. The van der Waals surface area contributed by atoms with Crippen molar-refractivity contribution in [1.29, 1.82) is 0 Å². The number of thiophene rings is 1. The molecule has 0 saturated carbocycles. The Hall–Kier alpha value is -3.23. The van der Waals surface area contributed by atoms with Crippen molar-refractivity contribution >= 4 is 46.2 Å². The molecule has 0 bridgehead atoms. The first-order valence-corrected chi connectivity index (χ1v) is 12.5. The van der Waals surface area contributed by atoms with Gasteiger partial charge in [-0.15, -0.1) is 11.3 Å². The van der Waals surface area contributed by atoms with Crippen LogP contribution in [-0.4, -0.2) is 39.4 Å². The van der Waals surface area contributed by atoms with Crippen molar-refractivity contribution in [3.8, 4) is 5.75 Å². The van der Waals surface area contributed by atoms with Gasteiger partial charge in [0.2, 0.25) is 5.91 Å². The van der Waals surface area contributed by atoms with Gasteiger partial charge >= 0.3 is 0 Å². The number of nitrogens with one attached hydrogen (secondary N) is 1. The number of carbonyl (C=O) groups is 2. The van der Waals surface area contributed by atoms with E-state index in [0.717, 1.165) is 22.6 Å². The van der Waals surface area contributed by atoms with Crippen molar-refractivity contribution in [2.24, 2.45) is 0 Å². The third-order valence-corrected chi connectivity index (χ3v) is 6.80. The molecule has 1 aromatic heterocycles. The fourth-order valence-corrected chi connectivity index (χ4v) is 4.84. The first-order valence-electron chi connectivity index (χ1n) is 11.3. The van der Waals surface area contributed by atoms with Gasteiger partial charge in [0.05, 0.1) is 26.1 Å². The molecule has 2 amide bonds. The van der Waals surface area contributed by atoms with Crippen LogP contribution in [0.25, 0.3) is 0 Å². The molecule has 1 aliphatic rings. The number of ether oxygens (including phenoxy) is 1. The van der Waals surface area contributed by atoms with E-state index in [1.165, 1.54) is 0 Å². The van der Waals surface area contributed by atoms with Gasteiger partial charge in [0.25, 0.3) is 5.91 Å². The Morgan fingerprint density at radius 1 is 1.06 bits per heavy atom. The summed E-state index contributed by atoms with van der Waals surface area (Å²) in [6.45, 7) is 3.58. The Labute approximate surface area is 209 Å². The van der Waals surface area contributed by atoms with E-state index in [2.05, 4.69) is 5.32 Å². The number of amides is 2. The Balaban J connectivity index is 1.47. The van der Waals surface area contributed by atoms with Crippen LogP contribution in [0.2, 0.25) is 0 Å². The molecule has 0 radical (unpaired) electrons. The average Bonchev–Trinajstić information content (AvgIpc) is 3.44. The summed E-state index contributed by atoms with van der Waals surface area (Å²) in [7, 11) is 0. The van der Waals surface area contributed by atoms with Crippen LogP contribution in [0.4, 0.5) is 5.69 Å². The molecule has 1 fully saturated rings. The van der Waals surface area contributed by atoms with E-state index >= 15 is 0 Å². The van der Waals surface area contributed by atoms with Gasteiger partial charge in [-0.1, -0.05) is 43.3 Å². The monoisotopic (exact) mass is 493 g/mol. The zero-order valence-corrected chi connectivity index (χ0v) is 20.6. The topological polar surface area (TPSA) is 61.9 Å². The predicted molar refractivity (Wildman–Crippen MR) is 139 cm³/mol. The van der Waals surface area contributed by atoms with Gasteiger partial charge in [0, 0.05) is 10.6 Å². The Bertz CT molecular complexity index is 1120. The van der Waals surface area contributed by atoms with Gasteiger partial charge in [-0.25, -0.2) is 0 Å². The smallest absolute Gasteiger partial charge is 0.252 e. The largest absolute Gasteiger partial charge is 0.494 e. The number of benzene rings is 2. The average molecular weight is 494 g/mol. The molecule has 3 aromatic rings. The number of nitrogens with zero attached hydrogens (tertiary/aromatic N) is 2. The molecule has 0 unspecified atom stereocenters. The molecule has 1 saturated heterocycles. The van der Waals surface area contributed by atoms with Gasteiger partial charge in [-0.05, 0) is 59.9 Å². The maximum Gasteiger partial charge on any atom is 0.252 e. The first kappa shape index (κ1) is 23.9. The summed E-state index contributed by atoms with van der Waals surface area (Å²) in [6, 6.07) is 20.3. The zero-order chi connectivity index (χ0) is 23.9. The lowest BCUT2D eigenvalue weighted by Gasteiger charge is -2.23. The van der Waals surface area contributed by atoms with Gasteiger partial charge in [0.15, 0.2) is 5.11 Å². The summed E-state index contributed by atoms with van der Waals surface area (Å²) in [5.74, 6) is 0.375. The van der Waals surface area contributed by atoms with E-state index in [1.54, 1.807) is 28.4 Å². The predicted octanol–water partition coefficient (Wildman–Crippen LogP) is 5.06. The molecule has 1 N–H and O–H groups in total. The Kier molecular flexibility index (Phi) is 7.92. The van der Waals surface area contributed by atoms with Gasteiger partial charge in [-0.2, -0.15) is 0 Å². The highest BCUT2D eigenvalue weighted by atomic mass is 32.1. The lowest BCUT2D eigenvalue weighted by Crippen LogP contribution is -2.37. The van der Waals surface area contributed by atoms with Crippen molar-refractivity contribution in [3.05, 3.63) is 82.6 Å². The summed E-state index contributed by atoms with van der Waals surface area (Å²) in [6.07, 6.45) is 0.947. The van der Waals surface area contributed by atoms with Crippen LogP contribution in [0.5, 0.6) is 5.75 Å². The molecule has 2 heterocycles. The van der Waals surface area contributed by atoms with Crippen molar-refractivity contribution < 1.29 is 14.3 Å². The minimum absolute atomic E-state index is 0.0176. The van der Waals surface area contributed by atoms with Crippen LogP contribution < -0.4 is 10.1 Å². The highest BCUT2D eigenvalue weighted by Gasteiger charge is 2.43. The van der Waals surface area contributed by atoms with E-state index in [4.69, 9.17) is 17.0 Å². The van der Waals surface area contributed by atoms with Crippen LogP contribution >= 0.6 is 23.6 Å². The maximum absolute atomic E-state index is 13.4. The van der Waals surface area contributed by atoms with E-state index < -0.39 is 6.04 Å². The van der Waals surface area contributed by atoms with Crippen molar-refractivity contribution in [2.75, 3.05) is 11.9 Å². The summed E-state index contributed by atoms with van der Waals surface area (Å²) in [5, 5.41) is 5.35. The molecular weight excluding hydrogens is 466 g/mol. The van der Waals surface area contributed by atoms with E-state index in [0.29, 0.717) is 30.5 Å². The fraction of sp³-hybridized carbons (Fsp3) is 0.269. The Morgan fingerprint density at radius 3 is 2.50 bits per heavy atom. The fourth-order valence-electron chi connectivity index (χ4n) is 3.80. The second kappa shape index (κ2) is 11.3. The lowest BCUT2D eigenvalue weighted by molar-refractivity contribution is -0.131.